The fourth-order valence-corrected chi connectivity index (χ4v) is 3.04. The zero-order valence-electron chi connectivity index (χ0n) is 14.9. The number of anilines is 1. The number of phenols is 2. The highest BCUT2D eigenvalue weighted by Gasteiger charge is 2.18. The van der Waals surface area contributed by atoms with Crippen molar-refractivity contribution in [1.29, 1.82) is 0 Å². The Bertz CT molecular complexity index is 988. The fraction of sp³-hybridized carbons (Fsp3) is 0.250. The number of fused-ring (bicyclic) bond motifs is 1. The van der Waals surface area contributed by atoms with Crippen molar-refractivity contribution in [3.05, 3.63) is 46.6 Å². The van der Waals surface area contributed by atoms with Gasteiger partial charge in [0, 0.05) is 36.5 Å². The van der Waals surface area contributed by atoms with E-state index in [0.29, 0.717) is 11.3 Å². The molecule has 3 aromatic rings. The Hall–Kier alpha value is -3.15. The maximum atomic E-state index is 12.5. The van der Waals surface area contributed by atoms with Crippen LogP contribution in [0.1, 0.15) is 13.8 Å². The van der Waals surface area contributed by atoms with E-state index in [1.807, 2.05) is 24.3 Å². The number of benzene rings is 2. The lowest BCUT2D eigenvalue weighted by Gasteiger charge is -2.21. The Labute approximate surface area is 150 Å². The lowest BCUT2D eigenvalue weighted by atomic mass is 10.1. The fourth-order valence-electron chi connectivity index (χ4n) is 3.04. The highest BCUT2D eigenvalue weighted by atomic mass is 16.5. The van der Waals surface area contributed by atoms with Crippen molar-refractivity contribution in [2.75, 3.05) is 25.1 Å². The molecule has 6 heteroatoms. The molecule has 0 aliphatic rings. The van der Waals surface area contributed by atoms with E-state index in [1.165, 1.54) is 13.2 Å². The van der Waals surface area contributed by atoms with E-state index >= 15 is 0 Å². The minimum atomic E-state index is -0.412. The largest absolute Gasteiger partial charge is 0.507 e. The van der Waals surface area contributed by atoms with Crippen LogP contribution in [0.25, 0.3) is 22.3 Å². The molecule has 26 heavy (non-hydrogen) atoms. The molecule has 6 nitrogen and oxygen atoms in total. The summed E-state index contributed by atoms with van der Waals surface area (Å²) in [5.74, 6) is -0.307. The maximum absolute atomic E-state index is 12.5. The summed E-state index contributed by atoms with van der Waals surface area (Å²) in [6.07, 6.45) is 0. The summed E-state index contributed by atoms with van der Waals surface area (Å²) < 4.78 is 10.9. The van der Waals surface area contributed by atoms with Gasteiger partial charge in [-0.15, -0.1) is 0 Å². The molecule has 1 aromatic heterocycles. The van der Waals surface area contributed by atoms with E-state index in [0.717, 1.165) is 24.8 Å². The monoisotopic (exact) mass is 355 g/mol. The highest BCUT2D eigenvalue weighted by molar-refractivity contribution is 5.91. The average molecular weight is 355 g/mol. The van der Waals surface area contributed by atoms with Crippen LogP contribution in [0.5, 0.6) is 17.2 Å². The topological polar surface area (TPSA) is 83.1 Å². The molecule has 0 radical (unpaired) electrons. The van der Waals surface area contributed by atoms with Crippen molar-refractivity contribution in [2.24, 2.45) is 0 Å². The molecule has 0 fully saturated rings. The number of phenolic OH excluding ortho intramolecular Hbond substituents is 2. The summed E-state index contributed by atoms with van der Waals surface area (Å²) in [5, 5.41) is 19.9. The van der Waals surface area contributed by atoms with E-state index in [1.54, 1.807) is 0 Å². The number of hydrogen-bond acceptors (Lipinski definition) is 6. The molecule has 136 valence electrons. The van der Waals surface area contributed by atoms with Gasteiger partial charge in [0.05, 0.1) is 7.11 Å². The minimum absolute atomic E-state index is 0.0107. The van der Waals surface area contributed by atoms with Gasteiger partial charge < -0.3 is 24.3 Å². The first kappa shape index (κ1) is 17.7. The Kier molecular flexibility index (Phi) is 4.75. The first-order valence-electron chi connectivity index (χ1n) is 8.42. The predicted octanol–water partition coefficient (Wildman–Crippen LogP) is 3.73. The van der Waals surface area contributed by atoms with Crippen molar-refractivity contribution in [1.82, 2.24) is 0 Å². The molecule has 0 spiro atoms. The SMILES string of the molecule is CCN(CC)c1ccc(-c2cc(=O)c3c(O)cc(O)c(OC)c3o2)cc1. The molecule has 0 amide bonds. The molecular weight excluding hydrogens is 334 g/mol. The highest BCUT2D eigenvalue weighted by Crippen LogP contribution is 2.40. The van der Waals surface area contributed by atoms with Gasteiger partial charge in [-0.3, -0.25) is 4.79 Å². The summed E-state index contributed by atoms with van der Waals surface area (Å²) in [6, 6.07) is 10.1. The van der Waals surface area contributed by atoms with Crippen molar-refractivity contribution in [3.8, 4) is 28.6 Å². The van der Waals surface area contributed by atoms with Crippen LogP contribution in [0.3, 0.4) is 0 Å². The Balaban J connectivity index is 2.16. The second-order valence-electron chi connectivity index (χ2n) is 5.85. The number of rotatable bonds is 5. The maximum Gasteiger partial charge on any atom is 0.204 e. The molecule has 0 saturated carbocycles. The van der Waals surface area contributed by atoms with Crippen LogP contribution < -0.4 is 15.1 Å². The minimum Gasteiger partial charge on any atom is -0.507 e. The van der Waals surface area contributed by atoms with Crippen LogP contribution in [0.15, 0.2) is 45.6 Å². The van der Waals surface area contributed by atoms with E-state index < -0.39 is 5.43 Å². The molecule has 0 unspecified atom stereocenters. The number of aromatic hydroxyl groups is 2. The molecule has 3 rings (SSSR count). The van der Waals surface area contributed by atoms with Gasteiger partial charge in [0.15, 0.2) is 16.8 Å². The van der Waals surface area contributed by atoms with Gasteiger partial charge in [0.1, 0.15) is 16.9 Å². The van der Waals surface area contributed by atoms with Gasteiger partial charge in [-0.2, -0.15) is 0 Å². The molecule has 2 aromatic carbocycles. The van der Waals surface area contributed by atoms with Gasteiger partial charge in [-0.1, -0.05) is 0 Å². The van der Waals surface area contributed by atoms with Crippen LogP contribution in [0.2, 0.25) is 0 Å². The van der Waals surface area contributed by atoms with Crippen LogP contribution in [-0.4, -0.2) is 30.4 Å². The average Bonchev–Trinajstić information content (AvgIpc) is 2.63. The predicted molar refractivity (Wildman–Crippen MR) is 101 cm³/mol. The quantitative estimate of drug-likeness (QED) is 0.726. The zero-order valence-corrected chi connectivity index (χ0v) is 14.9. The molecule has 0 saturated heterocycles. The second-order valence-corrected chi connectivity index (χ2v) is 5.85. The van der Waals surface area contributed by atoms with Crippen LogP contribution in [-0.2, 0) is 0 Å². The van der Waals surface area contributed by atoms with E-state index in [9.17, 15) is 15.0 Å². The normalized spacial score (nSPS) is 10.9. The Morgan fingerprint density at radius 3 is 2.27 bits per heavy atom. The molecule has 0 bridgehead atoms. The third kappa shape index (κ3) is 2.94. The molecule has 0 atom stereocenters. The lowest BCUT2D eigenvalue weighted by Crippen LogP contribution is -2.21. The molecule has 0 aliphatic heterocycles. The third-order valence-electron chi connectivity index (χ3n) is 4.40. The second kappa shape index (κ2) is 7.00. The van der Waals surface area contributed by atoms with Crippen molar-refractivity contribution >= 4 is 16.7 Å². The van der Waals surface area contributed by atoms with Gasteiger partial charge in [0.25, 0.3) is 0 Å². The van der Waals surface area contributed by atoms with Crippen LogP contribution >= 0.6 is 0 Å². The van der Waals surface area contributed by atoms with E-state index in [2.05, 4.69) is 18.7 Å². The van der Waals surface area contributed by atoms with Crippen molar-refractivity contribution < 1.29 is 19.4 Å². The van der Waals surface area contributed by atoms with E-state index in [4.69, 9.17) is 9.15 Å². The number of hydrogen-bond donors (Lipinski definition) is 2. The summed E-state index contributed by atoms with van der Waals surface area (Å²) in [6.45, 7) is 5.98. The lowest BCUT2D eigenvalue weighted by molar-refractivity contribution is 0.367. The van der Waals surface area contributed by atoms with Gasteiger partial charge in [0.2, 0.25) is 5.75 Å². The summed E-state index contributed by atoms with van der Waals surface area (Å²) in [4.78, 5) is 14.7. The standard InChI is InChI=1S/C20H21NO5/c1-4-21(5-2)13-8-6-12(7-9-13)17-11-15(23)18-14(22)10-16(24)19(25-3)20(18)26-17/h6-11,22,24H,4-5H2,1-3H3. The summed E-state index contributed by atoms with van der Waals surface area (Å²) in [7, 11) is 1.36. The van der Waals surface area contributed by atoms with Crippen LogP contribution in [0.4, 0.5) is 5.69 Å². The van der Waals surface area contributed by atoms with E-state index in [-0.39, 0.29) is 28.2 Å². The zero-order chi connectivity index (χ0) is 18.8. The summed E-state index contributed by atoms with van der Waals surface area (Å²) >= 11 is 0. The molecule has 1 heterocycles. The third-order valence-corrected chi connectivity index (χ3v) is 4.40. The Morgan fingerprint density at radius 1 is 1.04 bits per heavy atom. The molecular formula is C20H21NO5. The number of nitrogens with zero attached hydrogens (tertiary/aromatic N) is 1. The van der Waals surface area contributed by atoms with Crippen molar-refractivity contribution in [3.63, 3.8) is 0 Å². The van der Waals surface area contributed by atoms with Gasteiger partial charge >= 0.3 is 0 Å². The molecule has 0 aliphatic carbocycles. The smallest absolute Gasteiger partial charge is 0.204 e. The molecule has 2 N–H and O–H groups in total. The number of methoxy groups -OCH3 is 1. The van der Waals surface area contributed by atoms with Gasteiger partial charge in [-0.05, 0) is 38.1 Å². The Morgan fingerprint density at radius 2 is 1.69 bits per heavy atom. The first-order chi connectivity index (χ1) is 12.5. The number of ether oxygens (including phenoxy) is 1. The first-order valence-corrected chi connectivity index (χ1v) is 8.42. The summed E-state index contributed by atoms with van der Waals surface area (Å²) in [5.41, 5.74) is 1.39. The van der Waals surface area contributed by atoms with Gasteiger partial charge in [-0.25, -0.2) is 0 Å². The van der Waals surface area contributed by atoms with Crippen molar-refractivity contribution in [2.45, 2.75) is 13.8 Å². The van der Waals surface area contributed by atoms with Crippen LogP contribution in [0, 0.1) is 0 Å².